The van der Waals surface area contributed by atoms with Crippen LogP contribution in [0, 0.1) is 0 Å². The van der Waals surface area contributed by atoms with Gasteiger partial charge in [-0.05, 0) is 25.3 Å². The van der Waals surface area contributed by atoms with E-state index in [2.05, 4.69) is 5.32 Å². The topological polar surface area (TPSA) is 119 Å². The summed E-state index contributed by atoms with van der Waals surface area (Å²) in [7, 11) is 0. The standard InChI is InChI=1S/C18H23N3O5/c1-3-14(15(22)16(19)23)21-11(2)9-13(17(21)24)20-18(25)26-10-12-7-5-4-6-8-12/h4-8,11,13-14H,3,9-10H2,1-2H3,(H2,19,23)(H,20,25)/t11?,13-,14?/m0/s1. The van der Waals surface area contributed by atoms with E-state index in [1.807, 2.05) is 30.3 Å². The third-order valence-corrected chi connectivity index (χ3v) is 4.38. The monoisotopic (exact) mass is 361 g/mol. The van der Waals surface area contributed by atoms with Crippen LogP contribution in [-0.4, -0.2) is 46.7 Å². The van der Waals surface area contributed by atoms with Gasteiger partial charge >= 0.3 is 6.09 Å². The second-order valence-corrected chi connectivity index (χ2v) is 6.24. The van der Waals surface area contributed by atoms with E-state index in [9.17, 15) is 19.2 Å². The zero-order chi connectivity index (χ0) is 19.3. The number of ether oxygens (including phenoxy) is 1. The van der Waals surface area contributed by atoms with E-state index in [1.54, 1.807) is 13.8 Å². The van der Waals surface area contributed by atoms with Crippen LogP contribution in [0.1, 0.15) is 32.3 Å². The lowest BCUT2D eigenvalue weighted by Gasteiger charge is -2.29. The number of nitrogens with zero attached hydrogens (tertiary/aromatic N) is 1. The number of hydrogen-bond donors (Lipinski definition) is 2. The Labute approximate surface area is 151 Å². The molecule has 26 heavy (non-hydrogen) atoms. The summed E-state index contributed by atoms with van der Waals surface area (Å²) in [6.45, 7) is 3.54. The molecule has 2 unspecified atom stereocenters. The van der Waals surface area contributed by atoms with E-state index in [0.717, 1.165) is 5.56 Å². The van der Waals surface area contributed by atoms with Crippen molar-refractivity contribution in [2.75, 3.05) is 0 Å². The van der Waals surface area contributed by atoms with Crippen molar-refractivity contribution in [3.63, 3.8) is 0 Å². The number of benzene rings is 1. The molecule has 3 N–H and O–H groups in total. The van der Waals surface area contributed by atoms with Crippen molar-refractivity contribution in [3.05, 3.63) is 35.9 Å². The fraction of sp³-hybridized carbons (Fsp3) is 0.444. The highest BCUT2D eigenvalue weighted by Crippen LogP contribution is 2.24. The summed E-state index contributed by atoms with van der Waals surface area (Å²) in [5, 5.41) is 2.53. The molecule has 1 saturated heterocycles. The van der Waals surface area contributed by atoms with E-state index < -0.39 is 35.8 Å². The lowest BCUT2D eigenvalue weighted by Crippen LogP contribution is -2.51. The van der Waals surface area contributed by atoms with Crippen molar-refractivity contribution in [2.24, 2.45) is 5.73 Å². The quantitative estimate of drug-likeness (QED) is 0.694. The number of primary amides is 1. The molecule has 140 valence electrons. The van der Waals surface area contributed by atoms with E-state index in [-0.39, 0.29) is 19.1 Å². The molecule has 1 aliphatic rings. The van der Waals surface area contributed by atoms with E-state index in [4.69, 9.17) is 10.5 Å². The fourth-order valence-corrected chi connectivity index (χ4v) is 3.11. The number of likely N-dealkylation sites (tertiary alicyclic amines) is 1. The third-order valence-electron chi connectivity index (χ3n) is 4.38. The van der Waals surface area contributed by atoms with Gasteiger partial charge in [0.15, 0.2) is 0 Å². The zero-order valence-corrected chi connectivity index (χ0v) is 14.8. The maximum Gasteiger partial charge on any atom is 0.408 e. The number of nitrogens with two attached hydrogens (primary N) is 1. The molecule has 0 spiro atoms. The van der Waals surface area contributed by atoms with Crippen molar-refractivity contribution in [2.45, 2.75) is 51.4 Å². The first kappa shape index (κ1) is 19.4. The molecule has 3 atom stereocenters. The zero-order valence-electron chi connectivity index (χ0n) is 14.8. The Kier molecular flexibility index (Phi) is 6.32. The van der Waals surface area contributed by atoms with Crippen molar-refractivity contribution < 1.29 is 23.9 Å². The van der Waals surface area contributed by atoms with Crippen molar-refractivity contribution in [3.8, 4) is 0 Å². The van der Waals surface area contributed by atoms with Crippen molar-refractivity contribution >= 4 is 23.7 Å². The molecule has 8 heteroatoms. The molecule has 1 fully saturated rings. The molecule has 0 aliphatic carbocycles. The lowest BCUT2D eigenvalue weighted by molar-refractivity contribution is -0.144. The maximum absolute atomic E-state index is 12.6. The Hall–Kier alpha value is -2.90. The van der Waals surface area contributed by atoms with Crippen LogP contribution in [0.25, 0.3) is 0 Å². The molecule has 2 rings (SSSR count). The first-order valence-corrected chi connectivity index (χ1v) is 8.48. The van der Waals surface area contributed by atoms with Crippen molar-refractivity contribution in [1.82, 2.24) is 10.2 Å². The number of Topliss-reactive ketones (excluding diaryl/α,β-unsaturated/α-hetero) is 1. The van der Waals surface area contributed by atoms with E-state index in [0.29, 0.717) is 6.42 Å². The number of carbonyl (C=O) groups is 4. The maximum atomic E-state index is 12.6. The summed E-state index contributed by atoms with van der Waals surface area (Å²) in [5.41, 5.74) is 5.89. The molecular weight excluding hydrogens is 338 g/mol. The number of rotatable bonds is 7. The predicted octanol–water partition coefficient (Wildman–Crippen LogP) is 0.735. The van der Waals surface area contributed by atoms with E-state index >= 15 is 0 Å². The van der Waals surface area contributed by atoms with Gasteiger partial charge in [0, 0.05) is 6.04 Å². The average Bonchev–Trinajstić information content (AvgIpc) is 2.89. The van der Waals surface area contributed by atoms with Gasteiger partial charge < -0.3 is 20.7 Å². The SMILES string of the molecule is CCC(C(=O)C(N)=O)N1C(=O)[C@@H](NC(=O)OCc2ccccc2)CC1C. The highest BCUT2D eigenvalue weighted by Gasteiger charge is 2.44. The van der Waals surface area contributed by atoms with Crippen LogP contribution in [0.3, 0.4) is 0 Å². The van der Waals surface area contributed by atoms with Crippen LogP contribution in [0.4, 0.5) is 4.79 Å². The van der Waals surface area contributed by atoms with Gasteiger partial charge in [-0.1, -0.05) is 37.3 Å². The Bertz CT molecular complexity index is 691. The molecule has 1 aromatic carbocycles. The summed E-state index contributed by atoms with van der Waals surface area (Å²) in [5.74, 6) is -2.30. The van der Waals surface area contributed by atoms with Gasteiger partial charge in [0.1, 0.15) is 18.7 Å². The van der Waals surface area contributed by atoms with Gasteiger partial charge in [0.2, 0.25) is 11.7 Å². The summed E-state index contributed by atoms with van der Waals surface area (Å²) >= 11 is 0. The fourth-order valence-electron chi connectivity index (χ4n) is 3.11. The van der Waals surface area contributed by atoms with Crippen LogP contribution in [0.15, 0.2) is 30.3 Å². The minimum absolute atomic E-state index is 0.0879. The van der Waals surface area contributed by atoms with Crippen LogP contribution >= 0.6 is 0 Å². The summed E-state index contributed by atoms with van der Waals surface area (Å²) < 4.78 is 5.12. The second kappa shape index (κ2) is 8.46. The molecule has 1 aromatic rings. The van der Waals surface area contributed by atoms with Crippen LogP contribution in [0.5, 0.6) is 0 Å². The summed E-state index contributed by atoms with van der Waals surface area (Å²) in [6, 6.07) is 7.13. The Morgan fingerprint density at radius 2 is 1.96 bits per heavy atom. The minimum Gasteiger partial charge on any atom is -0.445 e. The molecule has 3 amide bonds. The highest BCUT2D eigenvalue weighted by molar-refractivity contribution is 6.37. The average molecular weight is 361 g/mol. The van der Waals surface area contributed by atoms with Crippen LogP contribution < -0.4 is 11.1 Å². The van der Waals surface area contributed by atoms with Gasteiger partial charge in [0.05, 0.1) is 0 Å². The summed E-state index contributed by atoms with van der Waals surface area (Å²) in [4.78, 5) is 49.1. The molecule has 1 heterocycles. The van der Waals surface area contributed by atoms with E-state index in [1.165, 1.54) is 4.90 Å². The molecule has 0 aromatic heterocycles. The Balaban J connectivity index is 1.97. The first-order valence-electron chi connectivity index (χ1n) is 8.48. The number of ketones is 1. The smallest absolute Gasteiger partial charge is 0.408 e. The number of alkyl carbamates (subject to hydrolysis) is 1. The molecule has 8 nitrogen and oxygen atoms in total. The minimum atomic E-state index is -1.07. The Morgan fingerprint density at radius 3 is 2.54 bits per heavy atom. The third kappa shape index (κ3) is 4.38. The molecule has 0 saturated carbocycles. The number of carbonyl (C=O) groups excluding carboxylic acids is 4. The Morgan fingerprint density at radius 1 is 1.31 bits per heavy atom. The van der Waals surface area contributed by atoms with Gasteiger partial charge in [-0.3, -0.25) is 14.4 Å². The normalized spacial score (nSPS) is 20.5. The number of nitrogens with one attached hydrogen (secondary N) is 1. The van der Waals surface area contributed by atoms with Gasteiger partial charge in [-0.25, -0.2) is 4.79 Å². The predicted molar refractivity (Wildman–Crippen MR) is 92.8 cm³/mol. The highest BCUT2D eigenvalue weighted by atomic mass is 16.5. The van der Waals surface area contributed by atoms with Gasteiger partial charge in [0.25, 0.3) is 5.91 Å². The largest absolute Gasteiger partial charge is 0.445 e. The van der Waals surface area contributed by atoms with Crippen molar-refractivity contribution in [1.29, 1.82) is 0 Å². The summed E-state index contributed by atoms with van der Waals surface area (Å²) in [6.07, 6.45) is -0.124. The van der Waals surface area contributed by atoms with Gasteiger partial charge in [-0.15, -0.1) is 0 Å². The molecule has 0 radical (unpaired) electrons. The number of amides is 3. The van der Waals surface area contributed by atoms with Crippen LogP contribution in [0.2, 0.25) is 0 Å². The number of hydrogen-bond acceptors (Lipinski definition) is 5. The lowest BCUT2D eigenvalue weighted by atomic mass is 10.1. The molecule has 0 bridgehead atoms. The van der Waals surface area contributed by atoms with Crippen LogP contribution in [-0.2, 0) is 25.7 Å². The molecule has 1 aliphatic heterocycles. The van der Waals surface area contributed by atoms with Gasteiger partial charge in [-0.2, -0.15) is 0 Å². The molecular formula is C18H23N3O5. The first-order chi connectivity index (χ1) is 12.3. The second-order valence-electron chi connectivity index (χ2n) is 6.24.